The SMILES string of the molecule is CC(C)(C)OC(=O)N1CC[C@H]2[C@@H](C1)c1cc(-c3c(F)cccc3F)cc3c1N2CCCS3. The molecule has 0 N–H and O–H groups in total. The van der Waals surface area contributed by atoms with E-state index in [9.17, 15) is 13.6 Å². The van der Waals surface area contributed by atoms with E-state index in [1.807, 2.05) is 32.9 Å². The zero-order chi connectivity index (χ0) is 22.6. The second-order valence-electron chi connectivity index (χ2n) is 9.79. The van der Waals surface area contributed by atoms with Gasteiger partial charge in [-0.25, -0.2) is 13.6 Å². The lowest BCUT2D eigenvalue weighted by atomic mass is 9.87. The van der Waals surface area contributed by atoms with Crippen LogP contribution in [0.2, 0.25) is 0 Å². The van der Waals surface area contributed by atoms with Crippen molar-refractivity contribution in [3.8, 4) is 11.1 Å². The van der Waals surface area contributed by atoms with E-state index in [2.05, 4.69) is 4.90 Å². The molecule has 0 radical (unpaired) electrons. The highest BCUT2D eigenvalue weighted by atomic mass is 32.2. The molecule has 2 aromatic carbocycles. The van der Waals surface area contributed by atoms with E-state index in [0.29, 0.717) is 24.7 Å². The van der Waals surface area contributed by atoms with Gasteiger partial charge in [0.15, 0.2) is 0 Å². The fourth-order valence-corrected chi connectivity index (χ4v) is 6.29. The number of piperidine rings is 1. The molecule has 3 aliphatic heterocycles. The van der Waals surface area contributed by atoms with Crippen molar-refractivity contribution in [2.24, 2.45) is 0 Å². The number of amides is 1. The zero-order valence-corrected chi connectivity index (χ0v) is 19.5. The Labute approximate surface area is 191 Å². The highest BCUT2D eigenvalue weighted by Crippen LogP contribution is 2.52. The average Bonchev–Trinajstić information content (AvgIpc) is 2.87. The van der Waals surface area contributed by atoms with Crippen molar-refractivity contribution >= 4 is 23.5 Å². The van der Waals surface area contributed by atoms with Gasteiger partial charge in [0.25, 0.3) is 0 Å². The summed E-state index contributed by atoms with van der Waals surface area (Å²) >= 11 is 1.76. The van der Waals surface area contributed by atoms with Gasteiger partial charge in [0.2, 0.25) is 0 Å². The van der Waals surface area contributed by atoms with Gasteiger partial charge in [0, 0.05) is 36.5 Å². The first-order valence-electron chi connectivity index (χ1n) is 11.2. The summed E-state index contributed by atoms with van der Waals surface area (Å²) in [4.78, 5) is 18.1. The number of hydrogen-bond donors (Lipinski definition) is 0. The summed E-state index contributed by atoms with van der Waals surface area (Å²) in [5.41, 5.74) is 2.32. The van der Waals surface area contributed by atoms with Crippen LogP contribution in [-0.4, -0.2) is 48.0 Å². The number of hydrogen-bond acceptors (Lipinski definition) is 4. The molecule has 1 amide bonds. The molecule has 0 saturated carbocycles. The molecule has 2 aromatic rings. The quantitative estimate of drug-likeness (QED) is 0.522. The normalized spacial score (nSPS) is 22.3. The molecule has 32 heavy (non-hydrogen) atoms. The minimum absolute atomic E-state index is 0.0196. The van der Waals surface area contributed by atoms with Crippen molar-refractivity contribution in [2.75, 3.05) is 30.3 Å². The van der Waals surface area contributed by atoms with Gasteiger partial charge in [-0.05, 0) is 74.8 Å². The molecule has 7 heteroatoms. The maximum Gasteiger partial charge on any atom is 0.410 e. The Morgan fingerprint density at radius 1 is 1.16 bits per heavy atom. The number of fused-ring (bicyclic) bond motifs is 3. The van der Waals surface area contributed by atoms with Crippen LogP contribution >= 0.6 is 11.8 Å². The number of carbonyl (C=O) groups is 1. The third kappa shape index (κ3) is 3.74. The molecule has 0 aliphatic carbocycles. The molecule has 0 spiro atoms. The van der Waals surface area contributed by atoms with E-state index < -0.39 is 17.2 Å². The van der Waals surface area contributed by atoms with E-state index in [1.165, 1.54) is 23.9 Å². The van der Waals surface area contributed by atoms with E-state index in [1.54, 1.807) is 16.7 Å². The maximum absolute atomic E-state index is 14.6. The summed E-state index contributed by atoms with van der Waals surface area (Å²) in [6, 6.07) is 8.17. The highest BCUT2D eigenvalue weighted by molar-refractivity contribution is 7.99. The fraction of sp³-hybridized carbons (Fsp3) is 0.480. The summed E-state index contributed by atoms with van der Waals surface area (Å²) in [7, 11) is 0. The van der Waals surface area contributed by atoms with Crippen molar-refractivity contribution in [1.82, 2.24) is 4.90 Å². The van der Waals surface area contributed by atoms with Crippen LogP contribution in [0.5, 0.6) is 0 Å². The van der Waals surface area contributed by atoms with Gasteiger partial charge in [0.05, 0.1) is 11.3 Å². The van der Waals surface area contributed by atoms with Gasteiger partial charge >= 0.3 is 6.09 Å². The number of thioether (sulfide) groups is 1. The van der Waals surface area contributed by atoms with Crippen LogP contribution in [-0.2, 0) is 4.74 Å². The Hall–Kier alpha value is -2.28. The Balaban J connectivity index is 1.57. The monoisotopic (exact) mass is 458 g/mol. The van der Waals surface area contributed by atoms with Gasteiger partial charge in [-0.3, -0.25) is 0 Å². The van der Waals surface area contributed by atoms with Crippen LogP contribution in [0.15, 0.2) is 35.2 Å². The molecule has 0 unspecified atom stereocenters. The standard InChI is InChI=1S/C25H28F2N2O2S/c1-25(2,3)31-24(30)28-10-8-20-17(14-28)16-12-15(22-18(26)6-4-7-19(22)27)13-21-23(16)29(20)9-5-11-32-21/h4,6-7,12-13,17,20H,5,8-11,14H2,1-3H3/t17-,20-/m0/s1. The molecule has 4 nitrogen and oxygen atoms in total. The number of rotatable bonds is 1. The molecule has 0 aromatic heterocycles. The Bertz CT molecular complexity index is 1050. The number of likely N-dealkylation sites (tertiary alicyclic amines) is 1. The van der Waals surface area contributed by atoms with Crippen LogP contribution in [0.3, 0.4) is 0 Å². The second-order valence-corrected chi connectivity index (χ2v) is 10.9. The predicted molar refractivity (Wildman–Crippen MR) is 123 cm³/mol. The first kappa shape index (κ1) is 21.6. The van der Waals surface area contributed by atoms with Crippen molar-refractivity contribution in [3.05, 3.63) is 47.5 Å². The molecule has 1 fully saturated rings. The Kier molecular flexibility index (Phi) is 5.35. The molecular weight excluding hydrogens is 430 g/mol. The molecule has 2 atom stereocenters. The lowest BCUT2D eigenvalue weighted by Gasteiger charge is -2.39. The second kappa shape index (κ2) is 7.94. The average molecular weight is 459 g/mol. The van der Waals surface area contributed by atoms with Crippen molar-refractivity contribution < 1.29 is 18.3 Å². The summed E-state index contributed by atoms with van der Waals surface area (Å²) in [5.74, 6) is -0.0333. The van der Waals surface area contributed by atoms with E-state index >= 15 is 0 Å². The summed E-state index contributed by atoms with van der Waals surface area (Å²) in [6.07, 6.45) is 1.61. The molecule has 1 saturated heterocycles. The first-order chi connectivity index (χ1) is 15.2. The molecular formula is C25H28F2N2O2S. The lowest BCUT2D eigenvalue weighted by Crippen LogP contribution is -2.49. The van der Waals surface area contributed by atoms with Crippen molar-refractivity contribution in [3.63, 3.8) is 0 Å². The molecule has 3 aliphatic rings. The van der Waals surface area contributed by atoms with Crippen LogP contribution in [0.1, 0.15) is 45.1 Å². The first-order valence-corrected chi connectivity index (χ1v) is 12.2. The van der Waals surface area contributed by atoms with E-state index in [4.69, 9.17) is 4.74 Å². The maximum atomic E-state index is 14.6. The van der Waals surface area contributed by atoms with Gasteiger partial charge < -0.3 is 14.5 Å². The highest BCUT2D eigenvalue weighted by Gasteiger charge is 2.45. The fourth-order valence-electron chi connectivity index (χ4n) is 5.22. The number of anilines is 1. The van der Waals surface area contributed by atoms with Gasteiger partial charge in [-0.2, -0.15) is 0 Å². The van der Waals surface area contributed by atoms with Crippen LogP contribution in [0.4, 0.5) is 19.3 Å². The third-order valence-electron chi connectivity index (χ3n) is 6.47. The van der Waals surface area contributed by atoms with Gasteiger partial charge in [-0.1, -0.05) is 6.07 Å². The lowest BCUT2D eigenvalue weighted by molar-refractivity contribution is 0.0189. The minimum Gasteiger partial charge on any atom is -0.444 e. The molecule has 5 rings (SSSR count). The Morgan fingerprint density at radius 2 is 1.91 bits per heavy atom. The van der Waals surface area contributed by atoms with Crippen LogP contribution in [0, 0.1) is 11.6 Å². The number of carbonyl (C=O) groups excluding carboxylic acids is 1. The molecule has 170 valence electrons. The van der Waals surface area contributed by atoms with Gasteiger partial charge in [0.1, 0.15) is 17.2 Å². The minimum atomic E-state index is -0.554. The number of benzene rings is 2. The topological polar surface area (TPSA) is 32.8 Å². The van der Waals surface area contributed by atoms with Crippen molar-refractivity contribution in [1.29, 1.82) is 0 Å². The molecule has 0 bridgehead atoms. The smallest absolute Gasteiger partial charge is 0.410 e. The van der Waals surface area contributed by atoms with E-state index in [-0.39, 0.29) is 17.6 Å². The third-order valence-corrected chi connectivity index (χ3v) is 7.59. The number of nitrogens with zero attached hydrogens (tertiary/aromatic N) is 2. The Morgan fingerprint density at radius 3 is 2.62 bits per heavy atom. The predicted octanol–water partition coefficient (Wildman–Crippen LogP) is 6.04. The van der Waals surface area contributed by atoms with Crippen molar-refractivity contribution in [2.45, 2.75) is 56.1 Å². The number of ether oxygens (including phenoxy) is 1. The summed E-state index contributed by atoms with van der Waals surface area (Å²) < 4.78 is 34.9. The zero-order valence-electron chi connectivity index (χ0n) is 18.7. The van der Waals surface area contributed by atoms with E-state index in [0.717, 1.165) is 35.6 Å². The summed E-state index contributed by atoms with van der Waals surface area (Å²) in [6.45, 7) is 7.78. The largest absolute Gasteiger partial charge is 0.444 e. The van der Waals surface area contributed by atoms with Crippen LogP contribution < -0.4 is 4.90 Å². The van der Waals surface area contributed by atoms with Gasteiger partial charge in [-0.15, -0.1) is 11.8 Å². The van der Waals surface area contributed by atoms with Crippen LogP contribution in [0.25, 0.3) is 11.1 Å². The summed E-state index contributed by atoms with van der Waals surface area (Å²) in [5, 5.41) is 0. The molecule has 3 heterocycles. The number of halogens is 2.